The van der Waals surface area contributed by atoms with Gasteiger partial charge in [0.15, 0.2) is 0 Å². The molecule has 8 aromatic rings. The lowest BCUT2D eigenvalue weighted by molar-refractivity contribution is 0.393. The van der Waals surface area contributed by atoms with Gasteiger partial charge in [0.1, 0.15) is 0 Å². The number of hydrogen-bond acceptors (Lipinski definition) is 1. The molecule has 3 aliphatic rings. The Labute approximate surface area is 368 Å². The molecule has 0 amide bonds. The van der Waals surface area contributed by atoms with E-state index in [2.05, 4.69) is 230 Å². The number of hydrogen-bond donors (Lipinski definition) is 0. The van der Waals surface area contributed by atoms with E-state index in [1.807, 2.05) is 0 Å². The first-order valence-electron chi connectivity index (χ1n) is 21.6. The molecular formula is C58H48IN. The third-order valence-corrected chi connectivity index (χ3v) is 16.2. The fraction of sp³-hybridized carbons (Fsp3) is 0.172. The Morgan fingerprint density at radius 3 is 1.62 bits per heavy atom. The van der Waals surface area contributed by atoms with E-state index in [0.29, 0.717) is 0 Å². The molecule has 1 fully saturated rings. The molecule has 3 unspecified atom stereocenters. The molecular weight excluding hydrogens is 838 g/mol. The van der Waals surface area contributed by atoms with Gasteiger partial charge in [-0.05, 0) is 145 Å². The summed E-state index contributed by atoms with van der Waals surface area (Å²) in [6.45, 7) is 7.16. The van der Waals surface area contributed by atoms with Crippen LogP contribution in [0.15, 0.2) is 188 Å². The van der Waals surface area contributed by atoms with E-state index in [1.54, 1.807) is 11.1 Å². The Balaban J connectivity index is 0.946. The average Bonchev–Trinajstić information content (AvgIpc) is 3.78. The first kappa shape index (κ1) is 37.3. The summed E-state index contributed by atoms with van der Waals surface area (Å²) in [6, 6.07) is 67.9. The van der Waals surface area contributed by atoms with Crippen LogP contribution < -0.4 is 4.90 Å². The zero-order valence-corrected chi connectivity index (χ0v) is 36.7. The Morgan fingerprint density at radius 2 is 0.950 bits per heavy atom. The van der Waals surface area contributed by atoms with Crippen molar-refractivity contribution in [1.82, 2.24) is 0 Å². The standard InChI is InChI=1S/C58H48IN/c1-37-33-43-34-44(57(37)59)35-54(43)42-19-17-40(18-20-42)48-31-32-49(51-14-8-7-13-50(48)51)41-23-27-46(28-24-41)60(45-25-21-39(22-26-45)38-11-5-4-6-12-38)47-29-30-53-52-15-9-10-16-55(52)58(2,3)56(53)36-47/h4-32,36-37,44,57H,33-35H2,1-3H3. The third-order valence-electron chi connectivity index (χ3n) is 13.9. The molecule has 292 valence electrons. The zero-order chi connectivity index (χ0) is 40.5. The molecule has 2 heteroatoms. The van der Waals surface area contributed by atoms with Crippen LogP contribution in [-0.2, 0) is 5.41 Å². The molecule has 8 aromatic carbocycles. The van der Waals surface area contributed by atoms with E-state index >= 15 is 0 Å². The van der Waals surface area contributed by atoms with Crippen molar-refractivity contribution < 1.29 is 0 Å². The van der Waals surface area contributed by atoms with Gasteiger partial charge in [-0.2, -0.15) is 0 Å². The lowest BCUT2D eigenvalue weighted by Gasteiger charge is -2.29. The highest BCUT2D eigenvalue weighted by Crippen LogP contribution is 2.52. The van der Waals surface area contributed by atoms with Crippen LogP contribution in [0.4, 0.5) is 17.1 Å². The molecule has 0 aliphatic heterocycles. The minimum absolute atomic E-state index is 0.0889. The number of fused-ring (bicyclic) bond motifs is 6. The van der Waals surface area contributed by atoms with Gasteiger partial charge >= 0.3 is 0 Å². The summed E-state index contributed by atoms with van der Waals surface area (Å²) < 4.78 is 0.789. The highest BCUT2D eigenvalue weighted by Gasteiger charge is 2.38. The molecule has 0 aromatic heterocycles. The fourth-order valence-corrected chi connectivity index (χ4v) is 11.6. The molecule has 0 heterocycles. The van der Waals surface area contributed by atoms with Crippen molar-refractivity contribution in [3.63, 3.8) is 0 Å². The van der Waals surface area contributed by atoms with Gasteiger partial charge in [-0.1, -0.05) is 195 Å². The number of rotatable bonds is 7. The van der Waals surface area contributed by atoms with Gasteiger partial charge in [0, 0.05) is 26.4 Å². The van der Waals surface area contributed by atoms with E-state index in [9.17, 15) is 0 Å². The van der Waals surface area contributed by atoms with Crippen LogP contribution in [0.25, 0.3) is 60.9 Å². The minimum Gasteiger partial charge on any atom is -0.310 e. The predicted molar refractivity (Wildman–Crippen MR) is 264 cm³/mol. The lowest BCUT2D eigenvalue weighted by atomic mass is 9.82. The van der Waals surface area contributed by atoms with Crippen LogP contribution in [0, 0.1) is 11.8 Å². The second-order valence-corrected chi connectivity index (χ2v) is 19.3. The summed E-state index contributed by atoms with van der Waals surface area (Å²) in [5.74, 6) is 1.59. The van der Waals surface area contributed by atoms with Crippen LogP contribution in [0.3, 0.4) is 0 Å². The maximum absolute atomic E-state index is 2.72. The smallest absolute Gasteiger partial charge is 0.0465 e. The van der Waals surface area contributed by atoms with Crippen molar-refractivity contribution in [2.24, 2.45) is 11.8 Å². The number of nitrogens with zero attached hydrogens (tertiary/aromatic N) is 1. The molecule has 2 bridgehead atoms. The highest BCUT2D eigenvalue weighted by molar-refractivity contribution is 14.1. The molecule has 0 spiro atoms. The Bertz CT molecular complexity index is 2940. The maximum Gasteiger partial charge on any atom is 0.0465 e. The van der Waals surface area contributed by atoms with Crippen LogP contribution in [-0.4, -0.2) is 3.92 Å². The molecule has 0 radical (unpaired) electrons. The predicted octanol–water partition coefficient (Wildman–Crippen LogP) is 16.6. The molecule has 3 atom stereocenters. The number of allylic oxidation sites excluding steroid dienone is 2. The Hall–Kier alpha value is -5.71. The second kappa shape index (κ2) is 14.8. The number of anilines is 3. The van der Waals surface area contributed by atoms with Gasteiger partial charge in [0.05, 0.1) is 0 Å². The monoisotopic (exact) mass is 885 g/mol. The molecule has 0 N–H and O–H groups in total. The summed E-state index contributed by atoms with van der Waals surface area (Å²) >= 11 is 2.72. The molecule has 60 heavy (non-hydrogen) atoms. The Kier molecular flexibility index (Phi) is 9.19. The van der Waals surface area contributed by atoms with Crippen LogP contribution in [0.2, 0.25) is 0 Å². The van der Waals surface area contributed by atoms with E-state index in [4.69, 9.17) is 0 Å². The molecule has 1 saturated carbocycles. The van der Waals surface area contributed by atoms with Crippen molar-refractivity contribution in [3.05, 3.63) is 204 Å². The SMILES string of the molecule is CC1CC2=C(c3ccc(-c4ccc(-c5ccc(N(c6ccc(-c7ccccc7)cc6)c6ccc7c(c6)C(C)(C)c6ccccc6-7)cc5)c5ccccc45)cc3)CC(C2)C1I. The van der Waals surface area contributed by atoms with Crippen molar-refractivity contribution in [2.45, 2.75) is 49.4 Å². The summed E-state index contributed by atoms with van der Waals surface area (Å²) in [7, 11) is 0. The van der Waals surface area contributed by atoms with Gasteiger partial charge in [-0.15, -0.1) is 0 Å². The quantitative estimate of drug-likeness (QED) is 0.114. The summed E-state index contributed by atoms with van der Waals surface area (Å²) in [6.07, 6.45) is 3.79. The second-order valence-electron chi connectivity index (χ2n) is 17.9. The van der Waals surface area contributed by atoms with Gasteiger partial charge in [-0.25, -0.2) is 0 Å². The van der Waals surface area contributed by atoms with E-state index in [0.717, 1.165) is 32.8 Å². The van der Waals surface area contributed by atoms with Crippen molar-refractivity contribution >= 4 is 56.0 Å². The van der Waals surface area contributed by atoms with Crippen molar-refractivity contribution in [2.75, 3.05) is 4.90 Å². The zero-order valence-electron chi connectivity index (χ0n) is 34.5. The average molecular weight is 886 g/mol. The van der Waals surface area contributed by atoms with E-state index < -0.39 is 0 Å². The van der Waals surface area contributed by atoms with Crippen molar-refractivity contribution in [1.29, 1.82) is 0 Å². The van der Waals surface area contributed by atoms with Gasteiger partial charge in [0.25, 0.3) is 0 Å². The first-order valence-corrected chi connectivity index (χ1v) is 22.8. The van der Waals surface area contributed by atoms with Gasteiger partial charge in [-0.3, -0.25) is 0 Å². The molecule has 1 nitrogen and oxygen atoms in total. The topological polar surface area (TPSA) is 3.24 Å². The maximum atomic E-state index is 2.72. The van der Waals surface area contributed by atoms with Crippen molar-refractivity contribution in [3.8, 4) is 44.5 Å². The van der Waals surface area contributed by atoms with E-state index in [1.165, 1.54) is 91.2 Å². The largest absolute Gasteiger partial charge is 0.310 e. The van der Waals surface area contributed by atoms with E-state index in [-0.39, 0.29) is 5.41 Å². The minimum atomic E-state index is -0.0889. The first-order chi connectivity index (χ1) is 29.3. The van der Waals surface area contributed by atoms with Crippen LogP contribution in [0.5, 0.6) is 0 Å². The Morgan fingerprint density at radius 1 is 0.450 bits per heavy atom. The molecule has 11 rings (SSSR count). The summed E-state index contributed by atoms with van der Waals surface area (Å²) in [4.78, 5) is 2.42. The molecule has 3 aliphatic carbocycles. The van der Waals surface area contributed by atoms with Crippen LogP contribution in [0.1, 0.15) is 56.7 Å². The number of alkyl halides is 1. The van der Waals surface area contributed by atoms with Gasteiger partial charge < -0.3 is 4.90 Å². The summed E-state index contributed by atoms with van der Waals surface area (Å²) in [5, 5.41) is 2.56. The number of halogens is 1. The lowest BCUT2D eigenvalue weighted by Crippen LogP contribution is -2.24. The number of benzene rings is 8. The normalized spacial score (nSPS) is 18.7. The highest BCUT2D eigenvalue weighted by atomic mass is 127. The fourth-order valence-electron chi connectivity index (χ4n) is 10.8. The summed E-state index contributed by atoms with van der Waals surface area (Å²) in [5.41, 5.74) is 21.0. The van der Waals surface area contributed by atoms with Gasteiger partial charge in [0.2, 0.25) is 0 Å². The third kappa shape index (κ3) is 6.26. The van der Waals surface area contributed by atoms with Crippen LogP contribution >= 0.6 is 22.6 Å². The molecule has 0 saturated heterocycles.